The van der Waals surface area contributed by atoms with Crippen LogP contribution in [0.2, 0.25) is 0 Å². The van der Waals surface area contributed by atoms with Gasteiger partial charge in [-0.1, -0.05) is 12.1 Å². The molecule has 1 atom stereocenters. The maximum absolute atomic E-state index is 9.52. The number of methoxy groups -OCH3 is 1. The first-order chi connectivity index (χ1) is 8.70. The van der Waals surface area contributed by atoms with Gasteiger partial charge in [0.2, 0.25) is 0 Å². The molecule has 1 aromatic carbocycles. The van der Waals surface area contributed by atoms with E-state index in [4.69, 9.17) is 9.47 Å². The third-order valence-electron chi connectivity index (χ3n) is 2.62. The van der Waals surface area contributed by atoms with E-state index in [9.17, 15) is 5.11 Å². The average Bonchev–Trinajstić information content (AvgIpc) is 2.89. The molecule has 0 saturated heterocycles. The van der Waals surface area contributed by atoms with E-state index < -0.39 is 6.10 Å². The Morgan fingerprint density at radius 3 is 2.72 bits per heavy atom. The van der Waals surface area contributed by atoms with Gasteiger partial charge in [0.25, 0.3) is 0 Å². The Bertz CT molecular complexity index is 492. The summed E-state index contributed by atoms with van der Waals surface area (Å²) < 4.78 is 11.0. The fourth-order valence-corrected chi connectivity index (χ4v) is 2.22. The van der Waals surface area contributed by atoms with Crippen molar-refractivity contribution in [2.24, 2.45) is 0 Å². The van der Waals surface area contributed by atoms with Gasteiger partial charge in [-0.3, -0.25) is 0 Å². The molecule has 3 nitrogen and oxygen atoms in total. The molecule has 18 heavy (non-hydrogen) atoms. The van der Waals surface area contributed by atoms with E-state index >= 15 is 0 Å². The van der Waals surface area contributed by atoms with Crippen LogP contribution in [0.1, 0.15) is 23.5 Å². The number of aliphatic hydroxyl groups excluding tert-OH is 1. The van der Waals surface area contributed by atoms with Gasteiger partial charge in [-0.2, -0.15) is 0 Å². The van der Waals surface area contributed by atoms with Gasteiger partial charge in [0.15, 0.2) is 11.5 Å². The second kappa shape index (κ2) is 5.89. The number of benzene rings is 1. The Morgan fingerprint density at radius 1 is 1.28 bits per heavy atom. The summed E-state index contributed by atoms with van der Waals surface area (Å²) in [6, 6.07) is 9.50. The van der Waals surface area contributed by atoms with Crippen molar-refractivity contribution in [3.05, 3.63) is 46.2 Å². The summed E-state index contributed by atoms with van der Waals surface area (Å²) in [6.07, 6.45) is -0.509. The van der Waals surface area contributed by atoms with Gasteiger partial charge in [-0.15, -0.1) is 11.3 Å². The number of hydrogen-bond acceptors (Lipinski definition) is 4. The van der Waals surface area contributed by atoms with Gasteiger partial charge < -0.3 is 14.6 Å². The smallest absolute Gasteiger partial charge is 0.161 e. The molecule has 0 aliphatic rings. The minimum atomic E-state index is -0.509. The molecular formula is C14H16O3S. The van der Waals surface area contributed by atoms with Crippen LogP contribution in [0.3, 0.4) is 0 Å². The highest BCUT2D eigenvalue weighted by atomic mass is 32.1. The molecule has 96 valence electrons. The number of aliphatic hydroxyl groups is 1. The van der Waals surface area contributed by atoms with Crippen molar-refractivity contribution < 1.29 is 14.6 Å². The van der Waals surface area contributed by atoms with E-state index in [1.165, 1.54) is 0 Å². The van der Waals surface area contributed by atoms with Gasteiger partial charge >= 0.3 is 0 Å². The lowest BCUT2D eigenvalue weighted by atomic mass is 10.1. The van der Waals surface area contributed by atoms with Gasteiger partial charge in [-0.25, -0.2) is 0 Å². The van der Waals surface area contributed by atoms with Gasteiger partial charge in [0.1, 0.15) is 6.61 Å². The van der Waals surface area contributed by atoms with Crippen molar-refractivity contribution in [3.8, 4) is 11.5 Å². The van der Waals surface area contributed by atoms with E-state index in [2.05, 4.69) is 0 Å². The first-order valence-corrected chi connectivity index (χ1v) is 6.60. The standard InChI is InChI=1S/C14H16O3S/c1-10(15)11-5-6-13(14(8-11)16-2)17-9-12-4-3-7-18-12/h3-8,10,15H,9H2,1-2H3. The van der Waals surface area contributed by atoms with Crippen LogP contribution >= 0.6 is 11.3 Å². The molecule has 1 heterocycles. The molecule has 2 aromatic rings. The van der Waals surface area contributed by atoms with Gasteiger partial charge in [0.05, 0.1) is 13.2 Å². The first kappa shape index (κ1) is 12.9. The first-order valence-electron chi connectivity index (χ1n) is 5.72. The number of hydrogen-bond donors (Lipinski definition) is 1. The third kappa shape index (κ3) is 3.03. The quantitative estimate of drug-likeness (QED) is 0.899. The summed E-state index contributed by atoms with van der Waals surface area (Å²) in [6.45, 7) is 2.25. The molecule has 0 amide bonds. The molecule has 2 rings (SSSR count). The molecule has 4 heteroatoms. The lowest BCUT2D eigenvalue weighted by molar-refractivity contribution is 0.198. The van der Waals surface area contributed by atoms with Crippen LogP contribution in [-0.4, -0.2) is 12.2 Å². The topological polar surface area (TPSA) is 38.7 Å². The minimum Gasteiger partial charge on any atom is -0.493 e. The predicted octanol–water partition coefficient (Wildman–Crippen LogP) is 3.39. The van der Waals surface area contributed by atoms with Crippen molar-refractivity contribution >= 4 is 11.3 Å². The van der Waals surface area contributed by atoms with Crippen LogP contribution in [-0.2, 0) is 6.61 Å². The molecule has 0 spiro atoms. The van der Waals surface area contributed by atoms with Gasteiger partial charge in [-0.05, 0) is 36.1 Å². The van der Waals surface area contributed by atoms with Crippen LogP contribution in [0.5, 0.6) is 11.5 Å². The predicted molar refractivity (Wildman–Crippen MR) is 72.3 cm³/mol. The van der Waals surface area contributed by atoms with Crippen LogP contribution < -0.4 is 9.47 Å². The summed E-state index contributed by atoms with van der Waals surface area (Å²) >= 11 is 1.66. The maximum atomic E-state index is 9.52. The zero-order valence-corrected chi connectivity index (χ0v) is 11.2. The third-order valence-corrected chi connectivity index (χ3v) is 3.47. The highest BCUT2D eigenvalue weighted by Crippen LogP contribution is 2.31. The number of rotatable bonds is 5. The summed E-state index contributed by atoms with van der Waals surface area (Å²) in [5.74, 6) is 1.33. The number of ether oxygens (including phenoxy) is 2. The Labute approximate surface area is 111 Å². The lowest BCUT2D eigenvalue weighted by Gasteiger charge is -2.12. The van der Waals surface area contributed by atoms with E-state index in [1.54, 1.807) is 31.4 Å². The van der Waals surface area contributed by atoms with Crippen molar-refractivity contribution in [1.82, 2.24) is 0 Å². The van der Waals surface area contributed by atoms with E-state index in [0.29, 0.717) is 18.1 Å². The molecule has 0 saturated carbocycles. The normalized spacial score (nSPS) is 12.2. The van der Waals surface area contributed by atoms with E-state index in [0.717, 1.165) is 10.4 Å². The molecule has 0 bridgehead atoms. The molecular weight excluding hydrogens is 248 g/mol. The SMILES string of the molecule is COc1cc(C(C)O)ccc1OCc1cccs1. The zero-order valence-electron chi connectivity index (χ0n) is 10.4. The highest BCUT2D eigenvalue weighted by molar-refractivity contribution is 7.09. The van der Waals surface area contributed by atoms with Crippen molar-refractivity contribution in [3.63, 3.8) is 0 Å². The molecule has 0 radical (unpaired) electrons. The van der Waals surface area contributed by atoms with Crippen LogP contribution in [0.4, 0.5) is 0 Å². The second-order valence-electron chi connectivity index (χ2n) is 3.95. The molecule has 1 unspecified atom stereocenters. The van der Waals surface area contributed by atoms with Crippen LogP contribution in [0.25, 0.3) is 0 Å². The van der Waals surface area contributed by atoms with Gasteiger partial charge in [0, 0.05) is 4.88 Å². The number of thiophene rings is 1. The largest absolute Gasteiger partial charge is 0.493 e. The molecule has 1 N–H and O–H groups in total. The molecule has 0 aliphatic carbocycles. The summed E-state index contributed by atoms with van der Waals surface area (Å²) in [7, 11) is 1.60. The van der Waals surface area contributed by atoms with Crippen LogP contribution in [0.15, 0.2) is 35.7 Å². The second-order valence-corrected chi connectivity index (χ2v) is 4.99. The molecule has 1 aromatic heterocycles. The van der Waals surface area contributed by atoms with E-state index in [1.807, 2.05) is 29.6 Å². The Balaban J connectivity index is 2.12. The van der Waals surface area contributed by atoms with Crippen molar-refractivity contribution in [2.45, 2.75) is 19.6 Å². The van der Waals surface area contributed by atoms with Crippen molar-refractivity contribution in [2.75, 3.05) is 7.11 Å². The minimum absolute atomic E-state index is 0.509. The van der Waals surface area contributed by atoms with Crippen molar-refractivity contribution in [1.29, 1.82) is 0 Å². The monoisotopic (exact) mass is 264 g/mol. The maximum Gasteiger partial charge on any atom is 0.161 e. The Morgan fingerprint density at radius 2 is 2.11 bits per heavy atom. The highest BCUT2D eigenvalue weighted by Gasteiger charge is 2.09. The lowest BCUT2D eigenvalue weighted by Crippen LogP contribution is -1.98. The Kier molecular flexibility index (Phi) is 4.23. The molecule has 0 fully saturated rings. The van der Waals surface area contributed by atoms with E-state index in [-0.39, 0.29) is 0 Å². The molecule has 0 aliphatic heterocycles. The zero-order chi connectivity index (χ0) is 13.0. The fourth-order valence-electron chi connectivity index (χ4n) is 1.61. The van der Waals surface area contributed by atoms with Crippen LogP contribution in [0, 0.1) is 0 Å². The summed E-state index contributed by atoms with van der Waals surface area (Å²) in [5.41, 5.74) is 0.815. The summed E-state index contributed by atoms with van der Waals surface area (Å²) in [4.78, 5) is 1.16. The fraction of sp³-hybridized carbons (Fsp3) is 0.286. The summed E-state index contributed by atoms with van der Waals surface area (Å²) in [5, 5.41) is 11.5. The average molecular weight is 264 g/mol. The Hall–Kier alpha value is -1.52.